The number of benzene rings is 4. The van der Waals surface area contributed by atoms with Crippen LogP contribution in [0.3, 0.4) is 0 Å². The number of rotatable bonds is 6. The first-order chi connectivity index (χ1) is 14.5. The second-order valence-corrected chi connectivity index (χ2v) is 8.68. The Hall–Kier alpha value is -3.51. The number of sulfonamides is 1. The second kappa shape index (κ2) is 8.08. The van der Waals surface area contributed by atoms with Crippen LogP contribution in [0.1, 0.15) is 5.56 Å². The van der Waals surface area contributed by atoms with E-state index in [1.54, 1.807) is 67.8 Å². The highest BCUT2D eigenvalue weighted by Crippen LogP contribution is 2.31. The highest BCUT2D eigenvalue weighted by molar-refractivity contribution is 7.93. The van der Waals surface area contributed by atoms with E-state index in [1.807, 2.05) is 30.3 Å². The summed E-state index contributed by atoms with van der Waals surface area (Å²) in [6.45, 7) is 0.123. The number of ether oxygens (including phenoxy) is 1. The number of fused-ring (bicyclic) bond motifs is 1. The van der Waals surface area contributed by atoms with Crippen LogP contribution in [0.15, 0.2) is 95.9 Å². The summed E-state index contributed by atoms with van der Waals surface area (Å²) in [6.07, 6.45) is 0. The molecule has 4 rings (SSSR count). The molecule has 0 amide bonds. The normalized spacial score (nSPS) is 11.4. The van der Waals surface area contributed by atoms with Crippen molar-refractivity contribution in [1.29, 1.82) is 0 Å². The predicted octanol–water partition coefficient (Wildman–Crippen LogP) is 4.95. The van der Waals surface area contributed by atoms with Gasteiger partial charge in [0.1, 0.15) is 11.5 Å². The average Bonchev–Trinajstić information content (AvgIpc) is 2.78. The molecule has 152 valence electrons. The van der Waals surface area contributed by atoms with Crippen molar-refractivity contribution < 1.29 is 18.3 Å². The lowest BCUT2D eigenvalue weighted by Gasteiger charge is -2.25. The smallest absolute Gasteiger partial charge is 0.265 e. The molecule has 0 aliphatic carbocycles. The highest BCUT2D eigenvalue weighted by Gasteiger charge is 2.27. The molecule has 0 bridgehead atoms. The molecular formula is C24H21NO4S. The first-order valence-corrected chi connectivity index (χ1v) is 10.9. The SMILES string of the molecule is COc1ccc(N(Cc2ccc(O)cc2)S(=O)(=O)c2cccc3ccccc23)cc1. The minimum Gasteiger partial charge on any atom is -0.508 e. The van der Waals surface area contributed by atoms with E-state index in [9.17, 15) is 13.5 Å². The fraction of sp³-hybridized carbons (Fsp3) is 0.0833. The van der Waals surface area contributed by atoms with Crippen LogP contribution >= 0.6 is 0 Å². The summed E-state index contributed by atoms with van der Waals surface area (Å²) in [5.41, 5.74) is 1.28. The van der Waals surface area contributed by atoms with Crippen molar-refractivity contribution in [2.75, 3.05) is 11.4 Å². The number of anilines is 1. The van der Waals surface area contributed by atoms with Crippen molar-refractivity contribution in [2.45, 2.75) is 11.4 Å². The Labute approximate surface area is 175 Å². The highest BCUT2D eigenvalue weighted by atomic mass is 32.2. The van der Waals surface area contributed by atoms with Crippen molar-refractivity contribution in [3.63, 3.8) is 0 Å². The van der Waals surface area contributed by atoms with Gasteiger partial charge in [-0.2, -0.15) is 0 Å². The maximum absolute atomic E-state index is 13.8. The molecular weight excluding hydrogens is 398 g/mol. The van der Waals surface area contributed by atoms with E-state index in [0.717, 1.165) is 10.9 Å². The maximum atomic E-state index is 13.8. The third kappa shape index (κ3) is 3.82. The largest absolute Gasteiger partial charge is 0.508 e. The Balaban J connectivity index is 1.85. The van der Waals surface area contributed by atoms with Gasteiger partial charge in [-0.05, 0) is 53.4 Å². The van der Waals surface area contributed by atoms with Gasteiger partial charge >= 0.3 is 0 Å². The van der Waals surface area contributed by atoms with Crippen LogP contribution in [0, 0.1) is 0 Å². The van der Waals surface area contributed by atoms with Gasteiger partial charge in [0.15, 0.2) is 0 Å². The van der Waals surface area contributed by atoms with Gasteiger partial charge in [0, 0.05) is 5.39 Å². The zero-order valence-corrected chi connectivity index (χ0v) is 17.2. The molecule has 4 aromatic rings. The summed E-state index contributed by atoms with van der Waals surface area (Å²) in [6, 6.07) is 26.1. The van der Waals surface area contributed by atoms with Crippen molar-refractivity contribution in [1.82, 2.24) is 0 Å². The van der Waals surface area contributed by atoms with Gasteiger partial charge < -0.3 is 9.84 Å². The van der Waals surface area contributed by atoms with Crippen LogP contribution in [-0.4, -0.2) is 20.6 Å². The van der Waals surface area contributed by atoms with Gasteiger partial charge in [0.25, 0.3) is 10.0 Å². The summed E-state index contributed by atoms with van der Waals surface area (Å²) in [7, 11) is -2.31. The van der Waals surface area contributed by atoms with Crippen LogP contribution in [0.5, 0.6) is 11.5 Å². The maximum Gasteiger partial charge on any atom is 0.265 e. The zero-order valence-electron chi connectivity index (χ0n) is 16.4. The number of aromatic hydroxyl groups is 1. The molecule has 4 aromatic carbocycles. The summed E-state index contributed by atoms with van der Waals surface area (Å²) >= 11 is 0. The summed E-state index contributed by atoms with van der Waals surface area (Å²) in [5, 5.41) is 11.1. The Morgan fingerprint density at radius 1 is 0.833 bits per heavy atom. The summed E-state index contributed by atoms with van der Waals surface area (Å²) in [4.78, 5) is 0.246. The first-order valence-electron chi connectivity index (χ1n) is 9.41. The van der Waals surface area contributed by atoms with Gasteiger partial charge in [0.05, 0.1) is 24.2 Å². The van der Waals surface area contributed by atoms with Crippen molar-refractivity contribution in [2.24, 2.45) is 0 Å². The van der Waals surface area contributed by atoms with E-state index in [4.69, 9.17) is 4.74 Å². The molecule has 0 atom stereocenters. The number of hydrogen-bond acceptors (Lipinski definition) is 4. The lowest BCUT2D eigenvalue weighted by atomic mass is 10.1. The third-order valence-corrected chi connectivity index (χ3v) is 6.77. The molecule has 5 nitrogen and oxygen atoms in total. The number of methoxy groups -OCH3 is 1. The molecule has 0 fully saturated rings. The Kier molecular flexibility index (Phi) is 5.33. The number of hydrogen-bond donors (Lipinski definition) is 1. The predicted molar refractivity (Wildman–Crippen MR) is 118 cm³/mol. The molecule has 0 spiro atoms. The number of phenolic OH excluding ortho intramolecular Hbond substituents is 1. The van der Waals surface area contributed by atoms with Crippen molar-refractivity contribution >= 4 is 26.5 Å². The molecule has 30 heavy (non-hydrogen) atoms. The Morgan fingerprint density at radius 2 is 1.50 bits per heavy atom. The minimum atomic E-state index is -3.88. The van der Waals surface area contributed by atoms with E-state index >= 15 is 0 Å². The van der Waals surface area contributed by atoms with Gasteiger partial charge in [0.2, 0.25) is 0 Å². The topological polar surface area (TPSA) is 66.8 Å². The van der Waals surface area contributed by atoms with E-state index in [1.165, 1.54) is 4.31 Å². The van der Waals surface area contributed by atoms with Crippen LogP contribution in [0.4, 0.5) is 5.69 Å². The van der Waals surface area contributed by atoms with Crippen LogP contribution in [0.2, 0.25) is 0 Å². The quantitative estimate of drug-likeness (QED) is 0.480. The number of phenols is 1. The molecule has 0 saturated carbocycles. The van der Waals surface area contributed by atoms with Gasteiger partial charge in [-0.1, -0.05) is 48.5 Å². The fourth-order valence-electron chi connectivity index (χ4n) is 3.37. The summed E-state index contributed by atoms with van der Waals surface area (Å²) in [5.74, 6) is 0.776. The van der Waals surface area contributed by atoms with E-state index in [0.29, 0.717) is 16.8 Å². The van der Waals surface area contributed by atoms with Gasteiger partial charge in [-0.15, -0.1) is 0 Å². The molecule has 6 heteroatoms. The summed E-state index contributed by atoms with van der Waals surface area (Å²) < 4.78 is 34.2. The molecule has 0 aliphatic heterocycles. The number of nitrogens with zero attached hydrogens (tertiary/aromatic N) is 1. The van der Waals surface area contributed by atoms with Crippen LogP contribution in [0.25, 0.3) is 10.8 Å². The average molecular weight is 420 g/mol. The van der Waals surface area contributed by atoms with Gasteiger partial charge in [-0.25, -0.2) is 8.42 Å². The molecule has 0 unspecified atom stereocenters. The van der Waals surface area contributed by atoms with Gasteiger partial charge in [-0.3, -0.25) is 4.31 Å². The molecule has 0 saturated heterocycles. The van der Waals surface area contributed by atoms with E-state index < -0.39 is 10.0 Å². The first kappa shape index (κ1) is 19.8. The van der Waals surface area contributed by atoms with E-state index in [-0.39, 0.29) is 17.2 Å². The minimum absolute atomic E-state index is 0.123. The lowest BCUT2D eigenvalue weighted by molar-refractivity contribution is 0.415. The van der Waals surface area contributed by atoms with E-state index in [2.05, 4.69) is 0 Å². The fourth-order valence-corrected chi connectivity index (χ4v) is 5.04. The Bertz CT molecular complexity index is 1260. The molecule has 0 heterocycles. The van der Waals surface area contributed by atoms with Crippen LogP contribution < -0.4 is 9.04 Å². The van der Waals surface area contributed by atoms with Crippen LogP contribution in [-0.2, 0) is 16.6 Å². The Morgan fingerprint density at radius 3 is 2.20 bits per heavy atom. The molecule has 0 aliphatic rings. The third-order valence-electron chi connectivity index (χ3n) is 4.94. The standard InChI is InChI=1S/C24H21NO4S/c1-29-22-15-11-20(12-16-22)25(17-18-9-13-21(26)14-10-18)30(27,28)24-8-4-6-19-5-2-3-7-23(19)24/h2-16,26H,17H2,1H3. The van der Waals surface area contributed by atoms with Crippen molar-refractivity contribution in [3.8, 4) is 11.5 Å². The molecule has 0 radical (unpaired) electrons. The van der Waals surface area contributed by atoms with Crippen molar-refractivity contribution in [3.05, 3.63) is 96.6 Å². The second-order valence-electron chi connectivity index (χ2n) is 6.85. The molecule has 1 N–H and O–H groups in total. The zero-order chi connectivity index (χ0) is 21.1. The lowest BCUT2D eigenvalue weighted by Crippen LogP contribution is -2.30. The monoisotopic (exact) mass is 419 g/mol. The molecule has 0 aromatic heterocycles.